The third-order valence-electron chi connectivity index (χ3n) is 2.38. The van der Waals surface area contributed by atoms with Crippen LogP contribution in [0.25, 0.3) is 0 Å². The molecule has 2 rings (SSSR count). The highest BCUT2D eigenvalue weighted by Crippen LogP contribution is 2.03. The molecule has 0 spiro atoms. The van der Waals surface area contributed by atoms with Crippen LogP contribution in [0.4, 0.5) is 10.3 Å². The third kappa shape index (κ3) is 2.74. The number of halogens is 1. The van der Waals surface area contributed by atoms with Crippen molar-refractivity contribution in [3.8, 4) is 0 Å². The number of imidazole rings is 1. The Bertz CT molecular complexity index is 509. The first-order valence-corrected chi connectivity index (χ1v) is 5.25. The zero-order valence-corrected chi connectivity index (χ0v) is 9.68. The van der Waals surface area contributed by atoms with Gasteiger partial charge in [0, 0.05) is 32.4 Å². The zero-order chi connectivity index (χ0) is 12.3. The molecule has 0 saturated heterocycles. The van der Waals surface area contributed by atoms with Crippen LogP contribution in [0.3, 0.4) is 0 Å². The van der Waals surface area contributed by atoms with Gasteiger partial charge < -0.3 is 9.88 Å². The number of rotatable bonds is 4. The van der Waals surface area contributed by atoms with Crippen molar-refractivity contribution in [2.45, 2.75) is 19.9 Å². The molecule has 0 saturated carbocycles. The Balaban J connectivity index is 2.09. The van der Waals surface area contributed by atoms with E-state index in [4.69, 9.17) is 0 Å². The summed E-state index contributed by atoms with van der Waals surface area (Å²) >= 11 is 0. The minimum Gasteiger partial charge on any atom is -0.357 e. The summed E-state index contributed by atoms with van der Waals surface area (Å²) < 4.78 is 15.0. The summed E-state index contributed by atoms with van der Waals surface area (Å²) in [6, 6.07) is 0. The minimum absolute atomic E-state index is 0.245. The first-order valence-electron chi connectivity index (χ1n) is 5.25. The highest BCUT2D eigenvalue weighted by Gasteiger charge is 2.05. The molecule has 6 nitrogen and oxygen atoms in total. The number of anilines is 1. The summed E-state index contributed by atoms with van der Waals surface area (Å²) in [6.07, 6.45) is 3.36. The highest BCUT2D eigenvalue weighted by molar-refractivity contribution is 5.20. The Morgan fingerprint density at radius 1 is 1.35 bits per heavy atom. The average Bonchev–Trinajstić information content (AvgIpc) is 2.71. The topological polar surface area (TPSA) is 68.5 Å². The van der Waals surface area contributed by atoms with Crippen LogP contribution in [0.2, 0.25) is 0 Å². The molecule has 0 radical (unpaired) electrons. The van der Waals surface area contributed by atoms with Gasteiger partial charge in [-0.3, -0.25) is 0 Å². The van der Waals surface area contributed by atoms with Gasteiger partial charge in [0.25, 0.3) is 0 Å². The summed E-state index contributed by atoms with van der Waals surface area (Å²) in [4.78, 5) is 15.3. The fourth-order valence-electron chi connectivity index (χ4n) is 1.48. The monoisotopic (exact) mass is 236 g/mol. The SMILES string of the molecule is CNc1nc(F)nc(CCn2ccnc2C)n1. The Morgan fingerprint density at radius 3 is 2.82 bits per heavy atom. The number of hydrogen-bond donors (Lipinski definition) is 1. The van der Waals surface area contributed by atoms with Gasteiger partial charge in [-0.15, -0.1) is 0 Å². The molecule has 0 bridgehead atoms. The summed E-state index contributed by atoms with van der Waals surface area (Å²) in [6.45, 7) is 2.57. The maximum atomic E-state index is 13.0. The minimum atomic E-state index is -0.762. The average molecular weight is 236 g/mol. The van der Waals surface area contributed by atoms with Crippen molar-refractivity contribution >= 4 is 5.95 Å². The van der Waals surface area contributed by atoms with E-state index >= 15 is 0 Å². The molecule has 0 aromatic carbocycles. The summed E-state index contributed by atoms with van der Waals surface area (Å²) in [5, 5.41) is 2.69. The van der Waals surface area contributed by atoms with Crippen LogP contribution in [0.15, 0.2) is 12.4 Å². The number of hydrogen-bond acceptors (Lipinski definition) is 5. The van der Waals surface area contributed by atoms with E-state index in [1.807, 2.05) is 17.7 Å². The molecular formula is C10H13FN6. The summed E-state index contributed by atoms with van der Waals surface area (Å²) in [5.41, 5.74) is 0. The Hall–Kier alpha value is -2.05. The Morgan fingerprint density at radius 2 is 2.18 bits per heavy atom. The van der Waals surface area contributed by atoms with Gasteiger partial charge in [-0.2, -0.15) is 19.3 Å². The maximum absolute atomic E-state index is 13.0. The molecule has 0 amide bonds. The van der Waals surface area contributed by atoms with Crippen LogP contribution >= 0.6 is 0 Å². The molecule has 2 aromatic rings. The normalized spacial score (nSPS) is 10.5. The quantitative estimate of drug-likeness (QED) is 0.850. The van der Waals surface area contributed by atoms with E-state index in [9.17, 15) is 4.39 Å². The lowest BCUT2D eigenvalue weighted by Crippen LogP contribution is -2.09. The molecule has 0 aliphatic rings. The zero-order valence-electron chi connectivity index (χ0n) is 9.68. The fraction of sp³-hybridized carbons (Fsp3) is 0.400. The third-order valence-corrected chi connectivity index (χ3v) is 2.38. The first-order chi connectivity index (χ1) is 8.19. The molecule has 0 fully saturated rings. The van der Waals surface area contributed by atoms with Gasteiger partial charge in [0.05, 0.1) is 0 Å². The van der Waals surface area contributed by atoms with Crippen LogP contribution < -0.4 is 5.32 Å². The molecular weight excluding hydrogens is 223 g/mol. The van der Waals surface area contributed by atoms with E-state index in [0.717, 1.165) is 5.82 Å². The van der Waals surface area contributed by atoms with Crippen LogP contribution in [-0.2, 0) is 13.0 Å². The molecule has 2 aromatic heterocycles. The molecule has 0 unspecified atom stereocenters. The highest BCUT2D eigenvalue weighted by atomic mass is 19.1. The van der Waals surface area contributed by atoms with Crippen molar-refractivity contribution in [2.75, 3.05) is 12.4 Å². The number of aryl methyl sites for hydroxylation is 3. The largest absolute Gasteiger partial charge is 0.357 e. The van der Waals surface area contributed by atoms with E-state index in [2.05, 4.69) is 25.3 Å². The second-order valence-electron chi connectivity index (χ2n) is 3.51. The van der Waals surface area contributed by atoms with E-state index in [-0.39, 0.29) is 5.95 Å². The van der Waals surface area contributed by atoms with Crippen LogP contribution in [0, 0.1) is 13.0 Å². The van der Waals surface area contributed by atoms with Crippen molar-refractivity contribution in [2.24, 2.45) is 0 Å². The standard InChI is InChI=1S/C10H13FN6/c1-7-13-4-6-17(7)5-3-8-14-9(11)16-10(12-2)15-8/h4,6H,3,5H2,1-2H3,(H,12,14,15,16). The van der Waals surface area contributed by atoms with Crippen molar-refractivity contribution in [1.82, 2.24) is 24.5 Å². The predicted octanol–water partition coefficient (Wildman–Crippen LogP) is 0.800. The molecule has 17 heavy (non-hydrogen) atoms. The van der Waals surface area contributed by atoms with Gasteiger partial charge >= 0.3 is 6.08 Å². The number of aromatic nitrogens is 5. The summed E-state index contributed by atoms with van der Waals surface area (Å²) in [7, 11) is 1.64. The predicted molar refractivity (Wildman–Crippen MR) is 60.0 cm³/mol. The Labute approximate surface area is 98.0 Å². The Kier molecular flexibility index (Phi) is 3.27. The van der Waals surface area contributed by atoms with Crippen LogP contribution in [0.5, 0.6) is 0 Å². The molecule has 7 heteroatoms. The first kappa shape index (κ1) is 11.4. The van der Waals surface area contributed by atoms with Gasteiger partial charge in [0.1, 0.15) is 11.6 Å². The van der Waals surface area contributed by atoms with Crippen molar-refractivity contribution < 1.29 is 4.39 Å². The van der Waals surface area contributed by atoms with Crippen LogP contribution in [-0.4, -0.2) is 31.6 Å². The van der Waals surface area contributed by atoms with Crippen LogP contribution in [0.1, 0.15) is 11.6 Å². The van der Waals surface area contributed by atoms with E-state index in [1.165, 1.54) is 0 Å². The molecule has 90 valence electrons. The fourth-order valence-corrected chi connectivity index (χ4v) is 1.48. The molecule has 1 N–H and O–H groups in total. The van der Waals surface area contributed by atoms with Gasteiger partial charge in [-0.1, -0.05) is 0 Å². The molecule has 0 atom stereocenters. The second-order valence-corrected chi connectivity index (χ2v) is 3.51. The van der Waals surface area contributed by atoms with E-state index < -0.39 is 6.08 Å². The van der Waals surface area contributed by atoms with Crippen molar-refractivity contribution in [3.05, 3.63) is 30.1 Å². The lowest BCUT2D eigenvalue weighted by Gasteiger charge is -2.05. The number of nitrogens with zero attached hydrogens (tertiary/aromatic N) is 5. The van der Waals surface area contributed by atoms with E-state index in [1.54, 1.807) is 13.2 Å². The lowest BCUT2D eigenvalue weighted by atomic mass is 10.4. The maximum Gasteiger partial charge on any atom is 0.313 e. The smallest absolute Gasteiger partial charge is 0.313 e. The molecule has 0 aliphatic carbocycles. The summed E-state index contributed by atoms with van der Waals surface area (Å²) in [5.74, 6) is 1.58. The van der Waals surface area contributed by atoms with Crippen molar-refractivity contribution in [3.63, 3.8) is 0 Å². The van der Waals surface area contributed by atoms with E-state index in [0.29, 0.717) is 18.8 Å². The molecule has 0 aliphatic heterocycles. The number of nitrogens with one attached hydrogen (secondary N) is 1. The van der Waals surface area contributed by atoms with Gasteiger partial charge in [0.2, 0.25) is 5.95 Å². The van der Waals surface area contributed by atoms with Gasteiger partial charge in [-0.25, -0.2) is 4.98 Å². The molecule has 2 heterocycles. The second kappa shape index (κ2) is 4.86. The van der Waals surface area contributed by atoms with Gasteiger partial charge in [-0.05, 0) is 6.92 Å². The van der Waals surface area contributed by atoms with Gasteiger partial charge in [0.15, 0.2) is 0 Å². The van der Waals surface area contributed by atoms with Crippen molar-refractivity contribution in [1.29, 1.82) is 0 Å². The lowest BCUT2D eigenvalue weighted by molar-refractivity contribution is 0.519.